The number of pyridine rings is 1. The zero-order chi connectivity index (χ0) is 18.9. The molecule has 1 saturated carbocycles. The van der Waals surface area contributed by atoms with Crippen molar-refractivity contribution in [2.24, 2.45) is 13.0 Å². The van der Waals surface area contributed by atoms with E-state index in [4.69, 9.17) is 11.6 Å². The van der Waals surface area contributed by atoms with Gasteiger partial charge in [0.25, 0.3) is 0 Å². The molecule has 26 heavy (non-hydrogen) atoms. The molecule has 0 saturated heterocycles. The van der Waals surface area contributed by atoms with E-state index in [1.54, 1.807) is 6.07 Å². The van der Waals surface area contributed by atoms with E-state index in [1.165, 1.54) is 13.2 Å². The van der Waals surface area contributed by atoms with Gasteiger partial charge in [-0.15, -0.1) is 0 Å². The first-order valence-corrected chi connectivity index (χ1v) is 8.80. The molecule has 2 heterocycles. The molecule has 1 aliphatic rings. The van der Waals surface area contributed by atoms with Crippen LogP contribution < -0.4 is 5.32 Å². The Labute approximate surface area is 154 Å². The van der Waals surface area contributed by atoms with Gasteiger partial charge in [0.05, 0.1) is 5.69 Å². The molecule has 0 amide bonds. The minimum absolute atomic E-state index is 0.167. The van der Waals surface area contributed by atoms with E-state index in [1.807, 2.05) is 0 Å². The number of aliphatic hydroxyl groups excluding tert-OH is 1. The molecule has 3 rings (SSSR count). The predicted molar refractivity (Wildman–Crippen MR) is 92.9 cm³/mol. The monoisotopic (exact) mass is 388 g/mol. The summed E-state index contributed by atoms with van der Waals surface area (Å²) in [6.07, 6.45) is 0.526. The van der Waals surface area contributed by atoms with Crippen LogP contribution in [0.2, 0.25) is 5.15 Å². The summed E-state index contributed by atoms with van der Waals surface area (Å²) in [5, 5.41) is 16.9. The zero-order valence-corrected chi connectivity index (χ0v) is 15.0. The van der Waals surface area contributed by atoms with Crippen LogP contribution in [0.25, 0.3) is 11.3 Å². The summed E-state index contributed by atoms with van der Waals surface area (Å²) in [7, 11) is 1.26. The quantitative estimate of drug-likeness (QED) is 0.773. The third kappa shape index (κ3) is 4.12. The highest BCUT2D eigenvalue weighted by Gasteiger charge is 2.35. The van der Waals surface area contributed by atoms with Crippen molar-refractivity contribution in [1.29, 1.82) is 0 Å². The second kappa shape index (κ2) is 7.44. The topological polar surface area (TPSA) is 63.0 Å². The van der Waals surface area contributed by atoms with Crippen LogP contribution in [0.3, 0.4) is 0 Å². The Morgan fingerprint density at radius 2 is 1.96 bits per heavy atom. The molecule has 0 unspecified atom stereocenters. The Morgan fingerprint density at radius 1 is 1.27 bits per heavy atom. The van der Waals surface area contributed by atoms with Gasteiger partial charge in [-0.1, -0.05) is 11.6 Å². The Hall–Kier alpha value is -1.80. The summed E-state index contributed by atoms with van der Waals surface area (Å²) >= 11 is 5.99. The van der Waals surface area contributed by atoms with Gasteiger partial charge < -0.3 is 10.4 Å². The Morgan fingerprint density at radius 3 is 2.54 bits per heavy atom. The molecule has 0 spiro atoms. The lowest BCUT2D eigenvalue weighted by molar-refractivity contribution is -0.143. The molecule has 0 aromatic carbocycles. The summed E-state index contributed by atoms with van der Waals surface area (Å²) in [4.78, 5) is 4.00. The zero-order valence-electron chi connectivity index (χ0n) is 14.2. The molecule has 0 radical (unpaired) electrons. The van der Waals surface area contributed by atoms with E-state index in [0.717, 1.165) is 36.4 Å². The molecular weight excluding hydrogens is 369 g/mol. The van der Waals surface area contributed by atoms with Gasteiger partial charge in [0.2, 0.25) is 0 Å². The molecule has 0 bridgehead atoms. The number of hydrogen-bond acceptors (Lipinski definition) is 4. The van der Waals surface area contributed by atoms with Gasteiger partial charge >= 0.3 is 6.18 Å². The lowest BCUT2D eigenvalue weighted by atomic mass is 9.86. The van der Waals surface area contributed by atoms with Crippen LogP contribution in [0.4, 0.5) is 18.9 Å². The molecule has 1 fully saturated rings. The minimum Gasteiger partial charge on any atom is -0.396 e. The number of alkyl halides is 3. The van der Waals surface area contributed by atoms with E-state index < -0.39 is 11.9 Å². The van der Waals surface area contributed by atoms with Crippen LogP contribution in [0.1, 0.15) is 31.4 Å². The average Bonchev–Trinajstić information content (AvgIpc) is 2.97. The van der Waals surface area contributed by atoms with Crippen molar-refractivity contribution in [3.8, 4) is 11.3 Å². The van der Waals surface area contributed by atoms with Crippen molar-refractivity contribution in [1.82, 2.24) is 14.8 Å². The fourth-order valence-electron chi connectivity index (χ4n) is 3.33. The number of aryl methyl sites for hydroxylation is 1. The van der Waals surface area contributed by atoms with Crippen LogP contribution in [0.15, 0.2) is 18.3 Å². The normalized spacial score (nSPS) is 21.0. The first kappa shape index (κ1) is 19.0. The van der Waals surface area contributed by atoms with Gasteiger partial charge in [-0.05, 0) is 43.7 Å². The third-order valence-electron chi connectivity index (χ3n) is 4.78. The first-order chi connectivity index (χ1) is 12.3. The number of hydrogen-bond donors (Lipinski definition) is 2. The summed E-state index contributed by atoms with van der Waals surface area (Å²) in [6.45, 7) is 0.188. The fraction of sp³-hybridized carbons (Fsp3) is 0.529. The molecule has 2 N–H and O–H groups in total. The maximum absolute atomic E-state index is 13.1. The van der Waals surface area contributed by atoms with Crippen LogP contribution in [0.5, 0.6) is 0 Å². The van der Waals surface area contributed by atoms with Gasteiger partial charge in [0.15, 0.2) is 0 Å². The standard InChI is InChI=1S/C17H20ClF3N4O/c1-25-15(17(19,20)21)6-14(24-25)12-8-22-16(18)7-13(12)23-11-4-2-10(9-26)3-5-11/h6-8,10-11,26H,2-5,9H2,1H3,(H,22,23). The van der Waals surface area contributed by atoms with Crippen molar-refractivity contribution < 1.29 is 18.3 Å². The maximum atomic E-state index is 13.1. The predicted octanol–water partition coefficient (Wildman–Crippen LogP) is 4.12. The summed E-state index contributed by atoms with van der Waals surface area (Å²) in [5.41, 5.74) is 0.460. The first-order valence-electron chi connectivity index (χ1n) is 8.42. The van der Waals surface area contributed by atoms with Crippen molar-refractivity contribution >= 4 is 17.3 Å². The molecular formula is C17H20ClF3N4O. The van der Waals surface area contributed by atoms with Gasteiger partial charge in [-0.2, -0.15) is 18.3 Å². The highest BCUT2D eigenvalue weighted by Crippen LogP contribution is 2.36. The van der Waals surface area contributed by atoms with E-state index in [0.29, 0.717) is 17.2 Å². The molecule has 1 aliphatic carbocycles. The molecule has 2 aromatic heterocycles. The van der Waals surface area contributed by atoms with Gasteiger partial charge in [0, 0.05) is 37.1 Å². The Balaban J connectivity index is 1.87. The van der Waals surface area contributed by atoms with Gasteiger partial charge in [-0.3, -0.25) is 4.68 Å². The fourth-order valence-corrected chi connectivity index (χ4v) is 3.48. The molecule has 2 aromatic rings. The van der Waals surface area contributed by atoms with E-state index in [2.05, 4.69) is 15.4 Å². The molecule has 0 atom stereocenters. The smallest absolute Gasteiger partial charge is 0.396 e. The molecule has 0 aliphatic heterocycles. The van der Waals surface area contributed by atoms with Gasteiger partial charge in [0.1, 0.15) is 10.8 Å². The Kier molecular flexibility index (Phi) is 5.43. The number of nitrogens with one attached hydrogen (secondary N) is 1. The molecule has 9 heteroatoms. The van der Waals surface area contributed by atoms with Gasteiger partial charge in [-0.25, -0.2) is 4.98 Å². The van der Waals surface area contributed by atoms with E-state index in [9.17, 15) is 18.3 Å². The van der Waals surface area contributed by atoms with Crippen molar-refractivity contribution in [2.45, 2.75) is 37.9 Å². The lowest BCUT2D eigenvalue weighted by Crippen LogP contribution is -2.27. The number of rotatable bonds is 4. The minimum atomic E-state index is -4.48. The Bertz CT molecular complexity index is 770. The summed E-state index contributed by atoms with van der Waals surface area (Å²) < 4.78 is 40.0. The van der Waals surface area contributed by atoms with Crippen molar-refractivity contribution in [3.05, 3.63) is 29.2 Å². The van der Waals surface area contributed by atoms with Crippen LogP contribution >= 0.6 is 11.6 Å². The number of nitrogens with zero attached hydrogens (tertiary/aromatic N) is 3. The van der Waals surface area contributed by atoms with Crippen LogP contribution in [0, 0.1) is 5.92 Å². The van der Waals surface area contributed by atoms with Crippen LogP contribution in [-0.4, -0.2) is 32.5 Å². The molecule has 142 valence electrons. The SMILES string of the molecule is Cn1nc(-c2cnc(Cl)cc2NC2CCC(CO)CC2)cc1C(F)(F)F. The summed E-state index contributed by atoms with van der Waals surface area (Å²) in [6, 6.07) is 2.79. The number of anilines is 1. The highest BCUT2D eigenvalue weighted by molar-refractivity contribution is 6.29. The second-order valence-corrected chi connectivity index (χ2v) is 7.02. The van der Waals surface area contributed by atoms with Crippen LogP contribution in [-0.2, 0) is 13.2 Å². The average molecular weight is 389 g/mol. The second-order valence-electron chi connectivity index (χ2n) is 6.63. The highest BCUT2D eigenvalue weighted by atomic mass is 35.5. The maximum Gasteiger partial charge on any atom is 0.433 e. The van der Waals surface area contributed by atoms with E-state index >= 15 is 0 Å². The van der Waals surface area contributed by atoms with Crippen molar-refractivity contribution in [2.75, 3.05) is 11.9 Å². The third-order valence-corrected chi connectivity index (χ3v) is 4.99. The van der Waals surface area contributed by atoms with E-state index in [-0.39, 0.29) is 23.5 Å². The number of halogens is 4. The number of aromatic nitrogens is 3. The largest absolute Gasteiger partial charge is 0.433 e. The number of aliphatic hydroxyl groups is 1. The molecule has 5 nitrogen and oxygen atoms in total. The summed E-state index contributed by atoms with van der Waals surface area (Å²) in [5.74, 6) is 0.318. The van der Waals surface area contributed by atoms with Crippen molar-refractivity contribution in [3.63, 3.8) is 0 Å². The lowest BCUT2D eigenvalue weighted by Gasteiger charge is -2.29.